The van der Waals surface area contributed by atoms with Gasteiger partial charge in [0, 0.05) is 29.4 Å². The maximum Gasteiger partial charge on any atom is 0.328 e. The van der Waals surface area contributed by atoms with Crippen LogP contribution in [-0.4, -0.2) is 22.9 Å². The number of carbonyl (C=O) groups excluding carboxylic acids is 2. The van der Waals surface area contributed by atoms with Gasteiger partial charge in [-0.05, 0) is 37.1 Å². The molecule has 0 spiro atoms. The predicted octanol–water partition coefficient (Wildman–Crippen LogP) is 1.61. The summed E-state index contributed by atoms with van der Waals surface area (Å²) in [5, 5.41) is 13.7. The molecular weight excluding hydrogens is 260 g/mol. The van der Waals surface area contributed by atoms with E-state index >= 15 is 0 Å². The van der Waals surface area contributed by atoms with E-state index in [-0.39, 0.29) is 11.8 Å². The molecular formula is C14H14N2O4. The predicted molar refractivity (Wildman–Crippen MR) is 73.2 cm³/mol. The van der Waals surface area contributed by atoms with Crippen molar-refractivity contribution < 1.29 is 19.5 Å². The molecule has 1 saturated carbocycles. The Hall–Kier alpha value is -2.63. The van der Waals surface area contributed by atoms with Crippen LogP contribution >= 0.6 is 0 Å². The zero-order valence-electron chi connectivity index (χ0n) is 10.6. The third-order valence-corrected chi connectivity index (χ3v) is 2.75. The van der Waals surface area contributed by atoms with E-state index in [9.17, 15) is 14.4 Å². The number of benzene rings is 1. The molecule has 6 heteroatoms. The number of hydrogen-bond acceptors (Lipinski definition) is 3. The first-order valence-corrected chi connectivity index (χ1v) is 6.17. The minimum atomic E-state index is -1.18. The molecule has 0 bridgehead atoms. The van der Waals surface area contributed by atoms with E-state index in [0.717, 1.165) is 25.0 Å². The summed E-state index contributed by atoms with van der Waals surface area (Å²) in [6.07, 6.45) is 3.58. The standard InChI is InChI=1S/C14H14N2O4/c17-12(7-8-13(18)19)15-10-3-5-11(6-4-10)16-14(20)9-1-2-9/h3-9H,1-2H2,(H,15,17)(H,16,20)(H,18,19)/b8-7+. The van der Waals surface area contributed by atoms with Gasteiger partial charge in [0.25, 0.3) is 0 Å². The molecule has 1 fully saturated rings. The summed E-state index contributed by atoms with van der Waals surface area (Å²) in [4.78, 5) is 33.1. The van der Waals surface area contributed by atoms with Gasteiger partial charge in [-0.15, -0.1) is 0 Å². The van der Waals surface area contributed by atoms with Gasteiger partial charge in [-0.3, -0.25) is 9.59 Å². The maximum atomic E-state index is 11.5. The van der Waals surface area contributed by atoms with E-state index in [1.165, 1.54) is 0 Å². The lowest BCUT2D eigenvalue weighted by Crippen LogP contribution is -2.13. The quantitative estimate of drug-likeness (QED) is 0.711. The third kappa shape index (κ3) is 4.24. The number of amides is 2. The fraction of sp³-hybridized carbons (Fsp3) is 0.214. The highest BCUT2D eigenvalue weighted by Crippen LogP contribution is 2.30. The lowest BCUT2D eigenvalue weighted by molar-refractivity contribution is -0.131. The Morgan fingerprint density at radius 1 is 1.00 bits per heavy atom. The molecule has 0 aromatic heterocycles. The Bertz CT molecular complexity index is 559. The zero-order chi connectivity index (χ0) is 14.5. The van der Waals surface area contributed by atoms with Crippen molar-refractivity contribution in [1.82, 2.24) is 0 Å². The first kappa shape index (κ1) is 13.8. The second kappa shape index (κ2) is 6.01. The first-order valence-electron chi connectivity index (χ1n) is 6.17. The monoisotopic (exact) mass is 274 g/mol. The molecule has 0 radical (unpaired) electrons. The summed E-state index contributed by atoms with van der Waals surface area (Å²) in [6.45, 7) is 0. The fourth-order valence-corrected chi connectivity index (χ4v) is 1.56. The topological polar surface area (TPSA) is 95.5 Å². The molecule has 1 aromatic carbocycles. The Labute approximate surface area is 115 Å². The van der Waals surface area contributed by atoms with Crippen molar-refractivity contribution in [1.29, 1.82) is 0 Å². The van der Waals surface area contributed by atoms with Crippen LogP contribution in [0.25, 0.3) is 0 Å². The van der Waals surface area contributed by atoms with Crippen LogP contribution in [0.2, 0.25) is 0 Å². The smallest absolute Gasteiger partial charge is 0.328 e. The molecule has 104 valence electrons. The number of hydrogen-bond donors (Lipinski definition) is 3. The Morgan fingerprint density at radius 3 is 2.05 bits per heavy atom. The summed E-state index contributed by atoms with van der Waals surface area (Å²) in [7, 11) is 0. The molecule has 6 nitrogen and oxygen atoms in total. The van der Waals surface area contributed by atoms with Crippen LogP contribution < -0.4 is 10.6 Å². The van der Waals surface area contributed by atoms with Crippen molar-refractivity contribution in [2.24, 2.45) is 5.92 Å². The molecule has 0 saturated heterocycles. The van der Waals surface area contributed by atoms with Crippen LogP contribution in [0.15, 0.2) is 36.4 Å². The Balaban J connectivity index is 1.89. The van der Waals surface area contributed by atoms with E-state index in [1.54, 1.807) is 24.3 Å². The summed E-state index contributed by atoms with van der Waals surface area (Å²) >= 11 is 0. The fourth-order valence-electron chi connectivity index (χ4n) is 1.56. The van der Waals surface area contributed by atoms with Crippen molar-refractivity contribution in [3.8, 4) is 0 Å². The minimum Gasteiger partial charge on any atom is -0.478 e. The maximum absolute atomic E-state index is 11.5. The van der Waals surface area contributed by atoms with Crippen molar-refractivity contribution in [2.45, 2.75) is 12.8 Å². The molecule has 2 amide bonds. The molecule has 2 rings (SSSR count). The first-order chi connectivity index (χ1) is 9.54. The number of anilines is 2. The zero-order valence-corrected chi connectivity index (χ0v) is 10.6. The lowest BCUT2D eigenvalue weighted by atomic mass is 10.2. The van der Waals surface area contributed by atoms with Gasteiger partial charge in [-0.1, -0.05) is 0 Å². The van der Waals surface area contributed by atoms with Gasteiger partial charge in [0.2, 0.25) is 11.8 Å². The molecule has 0 aliphatic heterocycles. The Kier molecular flexibility index (Phi) is 4.14. The van der Waals surface area contributed by atoms with Crippen LogP contribution in [-0.2, 0) is 14.4 Å². The van der Waals surface area contributed by atoms with Crippen LogP contribution in [0.1, 0.15) is 12.8 Å². The van der Waals surface area contributed by atoms with E-state index in [2.05, 4.69) is 10.6 Å². The van der Waals surface area contributed by atoms with Crippen LogP contribution in [0.3, 0.4) is 0 Å². The number of nitrogens with one attached hydrogen (secondary N) is 2. The third-order valence-electron chi connectivity index (χ3n) is 2.75. The lowest BCUT2D eigenvalue weighted by Gasteiger charge is -2.06. The molecule has 3 N–H and O–H groups in total. The molecule has 1 aliphatic rings. The van der Waals surface area contributed by atoms with Crippen molar-refractivity contribution in [2.75, 3.05) is 10.6 Å². The van der Waals surface area contributed by atoms with Gasteiger partial charge in [0.15, 0.2) is 0 Å². The van der Waals surface area contributed by atoms with Gasteiger partial charge in [-0.2, -0.15) is 0 Å². The normalized spacial score (nSPS) is 14.0. The average Bonchev–Trinajstić information content (AvgIpc) is 3.23. The number of rotatable bonds is 5. The number of aliphatic carboxylic acids is 1. The number of carboxylic acids is 1. The van der Waals surface area contributed by atoms with E-state index < -0.39 is 11.9 Å². The van der Waals surface area contributed by atoms with E-state index in [4.69, 9.17) is 5.11 Å². The highest BCUT2D eigenvalue weighted by molar-refractivity contribution is 6.02. The van der Waals surface area contributed by atoms with Gasteiger partial charge in [0.05, 0.1) is 0 Å². The van der Waals surface area contributed by atoms with Crippen LogP contribution in [0.5, 0.6) is 0 Å². The summed E-state index contributed by atoms with van der Waals surface area (Å²) in [5.74, 6) is -1.55. The van der Waals surface area contributed by atoms with E-state index in [1.807, 2.05) is 0 Å². The second-order valence-electron chi connectivity index (χ2n) is 4.50. The van der Waals surface area contributed by atoms with Crippen molar-refractivity contribution >= 4 is 29.2 Å². The summed E-state index contributed by atoms with van der Waals surface area (Å²) < 4.78 is 0. The van der Waals surface area contributed by atoms with Crippen molar-refractivity contribution in [3.05, 3.63) is 36.4 Å². The van der Waals surface area contributed by atoms with Crippen LogP contribution in [0.4, 0.5) is 11.4 Å². The van der Waals surface area contributed by atoms with Crippen molar-refractivity contribution in [3.63, 3.8) is 0 Å². The highest BCUT2D eigenvalue weighted by atomic mass is 16.4. The minimum absolute atomic E-state index is 0.0196. The van der Waals surface area contributed by atoms with Crippen LogP contribution in [0, 0.1) is 5.92 Å². The average molecular weight is 274 g/mol. The number of carbonyl (C=O) groups is 3. The van der Waals surface area contributed by atoms with Gasteiger partial charge >= 0.3 is 5.97 Å². The van der Waals surface area contributed by atoms with Gasteiger partial charge in [-0.25, -0.2) is 4.79 Å². The molecule has 0 unspecified atom stereocenters. The number of carboxylic acid groups (broad SMARTS) is 1. The van der Waals surface area contributed by atoms with Gasteiger partial charge in [0.1, 0.15) is 0 Å². The summed E-state index contributed by atoms with van der Waals surface area (Å²) in [6, 6.07) is 6.62. The molecule has 1 aliphatic carbocycles. The summed E-state index contributed by atoms with van der Waals surface area (Å²) in [5.41, 5.74) is 1.19. The highest BCUT2D eigenvalue weighted by Gasteiger charge is 2.29. The van der Waals surface area contributed by atoms with E-state index in [0.29, 0.717) is 11.4 Å². The Morgan fingerprint density at radius 2 is 1.55 bits per heavy atom. The largest absolute Gasteiger partial charge is 0.478 e. The molecule has 0 atom stereocenters. The van der Waals surface area contributed by atoms with Gasteiger partial charge < -0.3 is 15.7 Å². The molecule has 20 heavy (non-hydrogen) atoms. The second-order valence-corrected chi connectivity index (χ2v) is 4.50. The SMILES string of the molecule is O=C(O)/C=C/C(=O)Nc1ccc(NC(=O)C2CC2)cc1. The molecule has 1 aromatic rings. The molecule has 0 heterocycles.